The highest BCUT2D eigenvalue weighted by Gasteiger charge is 2.21. The molecule has 1 aliphatic rings. The zero-order chi connectivity index (χ0) is 11.4. The molecule has 3 nitrogen and oxygen atoms in total. The lowest BCUT2D eigenvalue weighted by Gasteiger charge is -2.11. The Bertz CT molecular complexity index is 381. The summed E-state index contributed by atoms with van der Waals surface area (Å²) in [7, 11) is 0. The number of carbonyl (C=O) groups is 1. The number of benzene rings is 1. The van der Waals surface area contributed by atoms with Crippen molar-refractivity contribution in [2.45, 2.75) is 17.2 Å². The van der Waals surface area contributed by atoms with Gasteiger partial charge in [-0.15, -0.1) is 11.8 Å². The summed E-state index contributed by atoms with van der Waals surface area (Å²) in [5.41, 5.74) is 1.40. The number of hydrogen-bond acceptors (Lipinski definition) is 3. The van der Waals surface area contributed by atoms with Crippen LogP contribution in [0.3, 0.4) is 0 Å². The monoisotopic (exact) mass is 237 g/mol. The van der Waals surface area contributed by atoms with E-state index in [9.17, 15) is 4.79 Å². The Balaban J connectivity index is 1.82. The fraction of sp³-hybridized carbons (Fsp3) is 0.417. The number of fused-ring (bicyclic) bond motifs is 1. The quantitative estimate of drug-likeness (QED) is 0.768. The number of hydrogen-bond donors (Lipinski definition) is 2. The zero-order valence-electron chi connectivity index (χ0n) is 8.98. The predicted molar refractivity (Wildman–Crippen MR) is 65.0 cm³/mol. The van der Waals surface area contributed by atoms with Crippen molar-refractivity contribution >= 4 is 17.7 Å². The summed E-state index contributed by atoms with van der Waals surface area (Å²) in [4.78, 5) is 11.7. The van der Waals surface area contributed by atoms with E-state index < -0.39 is 5.97 Å². The molecule has 4 heteroatoms. The molecule has 2 N–H and O–H groups in total. The third-order valence-electron chi connectivity index (χ3n) is 2.71. The van der Waals surface area contributed by atoms with Crippen LogP contribution >= 0.6 is 11.8 Å². The minimum atomic E-state index is -0.742. The van der Waals surface area contributed by atoms with Crippen LogP contribution in [0.2, 0.25) is 0 Å². The van der Waals surface area contributed by atoms with Crippen LogP contribution in [0.15, 0.2) is 29.2 Å². The first-order valence-electron chi connectivity index (χ1n) is 5.41. The molecule has 0 spiro atoms. The van der Waals surface area contributed by atoms with Gasteiger partial charge in [0, 0.05) is 29.7 Å². The van der Waals surface area contributed by atoms with Crippen LogP contribution in [0.25, 0.3) is 0 Å². The maximum atomic E-state index is 10.3. The van der Waals surface area contributed by atoms with E-state index >= 15 is 0 Å². The highest BCUT2D eigenvalue weighted by Crippen LogP contribution is 2.38. The van der Waals surface area contributed by atoms with Crippen molar-refractivity contribution in [2.75, 3.05) is 18.8 Å². The van der Waals surface area contributed by atoms with Crippen LogP contribution in [0.5, 0.6) is 0 Å². The van der Waals surface area contributed by atoms with Crippen molar-refractivity contribution < 1.29 is 9.90 Å². The Hall–Kier alpha value is -1.00. The molecule has 1 aromatic carbocycles. The predicted octanol–water partition coefficient (Wildman–Crippen LogP) is 1.94. The second-order valence-corrected chi connectivity index (χ2v) is 4.96. The molecule has 0 radical (unpaired) electrons. The van der Waals surface area contributed by atoms with Crippen molar-refractivity contribution in [3.63, 3.8) is 0 Å². The van der Waals surface area contributed by atoms with E-state index in [-0.39, 0.29) is 6.42 Å². The topological polar surface area (TPSA) is 49.3 Å². The Morgan fingerprint density at radius 2 is 2.31 bits per heavy atom. The molecular weight excluding hydrogens is 222 g/mol. The molecule has 1 aromatic rings. The Kier molecular flexibility index (Phi) is 3.85. The summed E-state index contributed by atoms with van der Waals surface area (Å²) < 4.78 is 0. The summed E-state index contributed by atoms with van der Waals surface area (Å²) in [5, 5.41) is 11.7. The van der Waals surface area contributed by atoms with Crippen LogP contribution in [-0.2, 0) is 4.79 Å². The zero-order valence-corrected chi connectivity index (χ0v) is 9.80. The van der Waals surface area contributed by atoms with Gasteiger partial charge >= 0.3 is 5.97 Å². The van der Waals surface area contributed by atoms with Gasteiger partial charge in [-0.1, -0.05) is 18.2 Å². The molecule has 1 unspecified atom stereocenters. The highest BCUT2D eigenvalue weighted by atomic mass is 32.2. The number of thioether (sulfide) groups is 1. The van der Waals surface area contributed by atoms with Gasteiger partial charge < -0.3 is 10.4 Å². The van der Waals surface area contributed by atoms with Gasteiger partial charge in [0.2, 0.25) is 0 Å². The second-order valence-electron chi connectivity index (χ2n) is 3.89. The average Bonchev–Trinajstić information content (AvgIpc) is 2.68. The van der Waals surface area contributed by atoms with Crippen LogP contribution in [0.4, 0.5) is 0 Å². The largest absolute Gasteiger partial charge is 0.481 e. The third kappa shape index (κ3) is 2.77. The molecule has 0 amide bonds. The maximum Gasteiger partial charge on any atom is 0.304 e. The Morgan fingerprint density at radius 3 is 3.12 bits per heavy atom. The van der Waals surface area contributed by atoms with E-state index in [1.54, 1.807) is 0 Å². The number of rotatable bonds is 5. The molecule has 2 rings (SSSR count). The lowest BCUT2D eigenvalue weighted by Crippen LogP contribution is -2.24. The van der Waals surface area contributed by atoms with Crippen LogP contribution in [-0.4, -0.2) is 29.9 Å². The first-order chi connectivity index (χ1) is 7.77. The number of nitrogens with one attached hydrogen (secondary N) is 1. The third-order valence-corrected chi connectivity index (χ3v) is 3.96. The minimum Gasteiger partial charge on any atom is -0.481 e. The van der Waals surface area contributed by atoms with Gasteiger partial charge in [0.1, 0.15) is 0 Å². The fourth-order valence-corrected chi connectivity index (χ4v) is 3.12. The van der Waals surface area contributed by atoms with Crippen LogP contribution < -0.4 is 5.32 Å². The van der Waals surface area contributed by atoms with Gasteiger partial charge in [-0.25, -0.2) is 0 Å². The molecule has 0 saturated heterocycles. The smallest absolute Gasteiger partial charge is 0.304 e. The SMILES string of the molecule is O=C(O)CCNCC1CSc2ccccc21. The van der Waals surface area contributed by atoms with Gasteiger partial charge in [0.25, 0.3) is 0 Å². The van der Waals surface area contributed by atoms with Crippen molar-refractivity contribution in [3.05, 3.63) is 29.8 Å². The fourth-order valence-electron chi connectivity index (χ4n) is 1.87. The normalized spacial score (nSPS) is 18.4. The molecule has 0 bridgehead atoms. The molecule has 1 heterocycles. The van der Waals surface area contributed by atoms with E-state index in [0.717, 1.165) is 12.3 Å². The van der Waals surface area contributed by atoms with E-state index in [0.29, 0.717) is 12.5 Å². The maximum absolute atomic E-state index is 10.3. The van der Waals surface area contributed by atoms with Gasteiger partial charge in [-0.3, -0.25) is 4.79 Å². The summed E-state index contributed by atoms with van der Waals surface area (Å²) >= 11 is 1.88. The highest BCUT2D eigenvalue weighted by molar-refractivity contribution is 7.99. The molecular formula is C12H15NO2S. The lowest BCUT2D eigenvalue weighted by atomic mass is 10.0. The summed E-state index contributed by atoms with van der Waals surface area (Å²) in [5.74, 6) is 0.878. The first kappa shape index (κ1) is 11.5. The summed E-state index contributed by atoms with van der Waals surface area (Å²) in [6.07, 6.45) is 0.196. The lowest BCUT2D eigenvalue weighted by molar-refractivity contribution is -0.136. The molecule has 16 heavy (non-hydrogen) atoms. The van der Waals surface area contributed by atoms with Crippen molar-refractivity contribution in [3.8, 4) is 0 Å². The first-order valence-corrected chi connectivity index (χ1v) is 6.40. The number of aliphatic carboxylic acids is 1. The molecule has 0 saturated carbocycles. The van der Waals surface area contributed by atoms with Crippen molar-refractivity contribution in [2.24, 2.45) is 0 Å². The molecule has 1 aliphatic heterocycles. The molecule has 0 aromatic heterocycles. The average molecular weight is 237 g/mol. The van der Waals surface area contributed by atoms with Gasteiger partial charge in [0.15, 0.2) is 0 Å². The van der Waals surface area contributed by atoms with Crippen LogP contribution in [0.1, 0.15) is 17.9 Å². The van der Waals surface area contributed by atoms with Crippen molar-refractivity contribution in [1.82, 2.24) is 5.32 Å². The van der Waals surface area contributed by atoms with E-state index in [2.05, 4.69) is 29.6 Å². The number of carboxylic acids is 1. The molecule has 0 aliphatic carbocycles. The molecule has 0 fully saturated rings. The van der Waals surface area contributed by atoms with E-state index in [1.165, 1.54) is 10.5 Å². The van der Waals surface area contributed by atoms with Gasteiger partial charge in [-0.2, -0.15) is 0 Å². The van der Waals surface area contributed by atoms with Crippen LogP contribution in [0, 0.1) is 0 Å². The Labute approximate surface area is 99.2 Å². The number of carboxylic acid groups (broad SMARTS) is 1. The molecule has 86 valence electrons. The van der Waals surface area contributed by atoms with Gasteiger partial charge in [0.05, 0.1) is 6.42 Å². The minimum absolute atomic E-state index is 0.196. The standard InChI is InChI=1S/C12H15NO2S/c14-12(15)5-6-13-7-9-8-16-11-4-2-1-3-10(9)11/h1-4,9,13H,5-8H2,(H,14,15). The molecule has 1 atom stereocenters. The van der Waals surface area contributed by atoms with Crippen molar-refractivity contribution in [1.29, 1.82) is 0 Å². The summed E-state index contributed by atoms with van der Waals surface area (Å²) in [6.45, 7) is 1.43. The Morgan fingerprint density at radius 1 is 1.50 bits per heavy atom. The second kappa shape index (κ2) is 5.37. The van der Waals surface area contributed by atoms with E-state index in [4.69, 9.17) is 5.11 Å². The van der Waals surface area contributed by atoms with E-state index in [1.807, 2.05) is 11.8 Å². The summed E-state index contributed by atoms with van der Waals surface area (Å²) in [6, 6.07) is 8.44. The van der Waals surface area contributed by atoms with Gasteiger partial charge in [-0.05, 0) is 11.6 Å².